The van der Waals surface area contributed by atoms with E-state index in [1.54, 1.807) is 7.11 Å². The molecule has 0 fully saturated rings. The zero-order valence-electron chi connectivity index (χ0n) is 8.72. The van der Waals surface area contributed by atoms with E-state index in [4.69, 9.17) is 10.5 Å². The molecule has 13 heavy (non-hydrogen) atoms. The van der Waals surface area contributed by atoms with Crippen molar-refractivity contribution in [2.75, 3.05) is 7.11 Å². The van der Waals surface area contributed by atoms with Crippen molar-refractivity contribution in [3.63, 3.8) is 0 Å². The summed E-state index contributed by atoms with van der Waals surface area (Å²) in [5, 5.41) is 0. The Morgan fingerprint density at radius 2 is 1.77 bits per heavy atom. The quantitative estimate of drug-likeness (QED) is 0.706. The molecule has 0 saturated heterocycles. The molecule has 1 unspecified atom stereocenters. The van der Waals surface area contributed by atoms with Gasteiger partial charge in [-0.25, -0.2) is 0 Å². The van der Waals surface area contributed by atoms with Crippen molar-refractivity contribution in [3.05, 3.63) is 34.4 Å². The molecule has 0 saturated carbocycles. The highest BCUT2D eigenvalue weighted by Gasteiger charge is 2.09. The maximum Gasteiger partial charge on any atom is 0.131 e. The second-order valence-electron chi connectivity index (χ2n) is 3.38. The second kappa shape index (κ2) is 3.90. The number of methoxy groups -OCH3 is 1. The average molecular weight is 179 g/mol. The molecular formula is C11H17NO. The number of ether oxygens (including phenoxy) is 1. The smallest absolute Gasteiger partial charge is 0.131 e. The van der Waals surface area contributed by atoms with Gasteiger partial charge < -0.3 is 10.5 Å². The summed E-state index contributed by atoms with van der Waals surface area (Å²) in [7, 11) is 1.62. The lowest BCUT2D eigenvalue weighted by molar-refractivity contribution is 0.109. The topological polar surface area (TPSA) is 35.2 Å². The van der Waals surface area contributed by atoms with Gasteiger partial charge in [0.15, 0.2) is 0 Å². The van der Waals surface area contributed by atoms with Crippen LogP contribution in [0.1, 0.15) is 28.5 Å². The highest BCUT2D eigenvalue weighted by atomic mass is 16.5. The predicted octanol–water partition coefficient (Wildman–Crippen LogP) is 2.22. The lowest BCUT2D eigenvalue weighted by Crippen LogP contribution is -2.14. The van der Waals surface area contributed by atoms with E-state index in [1.165, 1.54) is 16.7 Å². The Bertz CT molecular complexity index is 307. The van der Waals surface area contributed by atoms with Crippen molar-refractivity contribution >= 4 is 0 Å². The molecule has 0 radical (unpaired) electrons. The van der Waals surface area contributed by atoms with Gasteiger partial charge in [0, 0.05) is 7.11 Å². The van der Waals surface area contributed by atoms with Crippen LogP contribution in [0.4, 0.5) is 0 Å². The Morgan fingerprint density at radius 1 is 1.15 bits per heavy atom. The van der Waals surface area contributed by atoms with E-state index in [-0.39, 0.29) is 6.23 Å². The molecule has 1 aromatic carbocycles. The number of rotatable bonds is 2. The molecular weight excluding hydrogens is 162 g/mol. The SMILES string of the molecule is COC(N)c1ccc(C)c(C)c1C. The Kier molecular flexibility index (Phi) is 3.07. The van der Waals surface area contributed by atoms with E-state index < -0.39 is 0 Å². The highest BCUT2D eigenvalue weighted by molar-refractivity contribution is 5.39. The molecule has 72 valence electrons. The summed E-state index contributed by atoms with van der Waals surface area (Å²) < 4.78 is 5.09. The number of nitrogens with two attached hydrogens (primary N) is 1. The molecule has 0 aliphatic carbocycles. The summed E-state index contributed by atoms with van der Waals surface area (Å²) in [6, 6.07) is 4.11. The summed E-state index contributed by atoms with van der Waals surface area (Å²) in [6.07, 6.45) is -0.306. The number of aryl methyl sites for hydroxylation is 1. The molecule has 1 aromatic rings. The molecule has 0 aromatic heterocycles. The molecule has 2 nitrogen and oxygen atoms in total. The lowest BCUT2D eigenvalue weighted by atomic mass is 9.98. The van der Waals surface area contributed by atoms with Crippen molar-refractivity contribution in [2.45, 2.75) is 27.0 Å². The molecule has 2 heteroatoms. The highest BCUT2D eigenvalue weighted by Crippen LogP contribution is 2.21. The first-order chi connectivity index (χ1) is 6.07. The van der Waals surface area contributed by atoms with Gasteiger partial charge in [0.05, 0.1) is 0 Å². The normalized spacial score (nSPS) is 13.0. The summed E-state index contributed by atoms with van der Waals surface area (Å²) >= 11 is 0. The van der Waals surface area contributed by atoms with Crippen molar-refractivity contribution in [3.8, 4) is 0 Å². The van der Waals surface area contributed by atoms with Crippen molar-refractivity contribution in [2.24, 2.45) is 5.73 Å². The first kappa shape index (κ1) is 10.2. The van der Waals surface area contributed by atoms with E-state index in [0.29, 0.717) is 0 Å². The zero-order chi connectivity index (χ0) is 10.0. The van der Waals surface area contributed by atoms with E-state index in [9.17, 15) is 0 Å². The Morgan fingerprint density at radius 3 is 2.31 bits per heavy atom. The van der Waals surface area contributed by atoms with Crippen LogP contribution in [0, 0.1) is 20.8 Å². The number of hydrogen-bond donors (Lipinski definition) is 1. The molecule has 0 spiro atoms. The fourth-order valence-corrected chi connectivity index (χ4v) is 1.41. The Hall–Kier alpha value is -0.860. The largest absolute Gasteiger partial charge is 0.363 e. The van der Waals surface area contributed by atoms with Gasteiger partial charge in [0.2, 0.25) is 0 Å². The summed E-state index contributed by atoms with van der Waals surface area (Å²) in [4.78, 5) is 0. The fourth-order valence-electron chi connectivity index (χ4n) is 1.41. The van der Waals surface area contributed by atoms with Crippen LogP contribution in [0.15, 0.2) is 12.1 Å². The van der Waals surface area contributed by atoms with Crippen molar-refractivity contribution in [1.82, 2.24) is 0 Å². The van der Waals surface area contributed by atoms with Crippen LogP contribution in [0.2, 0.25) is 0 Å². The third-order valence-corrected chi connectivity index (χ3v) is 2.66. The van der Waals surface area contributed by atoms with Crippen LogP contribution >= 0.6 is 0 Å². The first-order valence-corrected chi connectivity index (χ1v) is 4.43. The van der Waals surface area contributed by atoms with Crippen LogP contribution in [-0.2, 0) is 4.74 Å². The van der Waals surface area contributed by atoms with Crippen LogP contribution in [-0.4, -0.2) is 7.11 Å². The molecule has 0 aliphatic heterocycles. The maximum absolute atomic E-state index is 5.79. The van der Waals surface area contributed by atoms with Gasteiger partial charge in [-0.05, 0) is 43.0 Å². The Labute approximate surface area is 79.7 Å². The minimum atomic E-state index is -0.306. The molecule has 0 amide bonds. The van der Waals surface area contributed by atoms with Gasteiger partial charge in [-0.1, -0.05) is 12.1 Å². The first-order valence-electron chi connectivity index (χ1n) is 4.43. The average Bonchev–Trinajstić information content (AvgIpc) is 2.13. The van der Waals surface area contributed by atoms with Crippen LogP contribution < -0.4 is 5.73 Å². The lowest BCUT2D eigenvalue weighted by Gasteiger charge is -2.15. The van der Waals surface area contributed by atoms with Gasteiger partial charge in [-0.3, -0.25) is 0 Å². The van der Waals surface area contributed by atoms with E-state index >= 15 is 0 Å². The number of benzene rings is 1. The Balaban J connectivity index is 3.18. The van der Waals surface area contributed by atoms with E-state index in [1.807, 2.05) is 6.07 Å². The standard InChI is InChI=1S/C11H17NO/c1-7-5-6-10(11(12)13-4)9(3)8(7)2/h5-6,11H,12H2,1-4H3. The minimum absolute atomic E-state index is 0.306. The van der Waals surface area contributed by atoms with E-state index in [2.05, 4.69) is 26.8 Å². The summed E-state index contributed by atoms with van der Waals surface area (Å²) in [5.41, 5.74) is 10.7. The molecule has 2 N–H and O–H groups in total. The molecule has 1 rings (SSSR count). The van der Waals surface area contributed by atoms with Crippen LogP contribution in [0.25, 0.3) is 0 Å². The molecule has 0 heterocycles. The number of hydrogen-bond acceptors (Lipinski definition) is 2. The van der Waals surface area contributed by atoms with Gasteiger partial charge in [-0.2, -0.15) is 0 Å². The molecule has 0 bridgehead atoms. The minimum Gasteiger partial charge on any atom is -0.363 e. The van der Waals surface area contributed by atoms with Crippen LogP contribution in [0.5, 0.6) is 0 Å². The second-order valence-corrected chi connectivity index (χ2v) is 3.38. The molecule has 0 aliphatic rings. The van der Waals surface area contributed by atoms with Crippen molar-refractivity contribution < 1.29 is 4.74 Å². The van der Waals surface area contributed by atoms with E-state index in [0.717, 1.165) is 5.56 Å². The van der Waals surface area contributed by atoms with Gasteiger partial charge in [-0.15, -0.1) is 0 Å². The third-order valence-electron chi connectivity index (χ3n) is 2.66. The van der Waals surface area contributed by atoms with Gasteiger partial charge in [0.25, 0.3) is 0 Å². The zero-order valence-corrected chi connectivity index (χ0v) is 8.72. The van der Waals surface area contributed by atoms with Crippen molar-refractivity contribution in [1.29, 1.82) is 0 Å². The molecule has 1 atom stereocenters. The monoisotopic (exact) mass is 179 g/mol. The summed E-state index contributed by atoms with van der Waals surface area (Å²) in [6.45, 7) is 6.29. The predicted molar refractivity (Wildman–Crippen MR) is 54.6 cm³/mol. The van der Waals surface area contributed by atoms with Gasteiger partial charge >= 0.3 is 0 Å². The van der Waals surface area contributed by atoms with Crippen LogP contribution in [0.3, 0.4) is 0 Å². The van der Waals surface area contributed by atoms with Gasteiger partial charge in [0.1, 0.15) is 6.23 Å². The summed E-state index contributed by atoms with van der Waals surface area (Å²) in [5.74, 6) is 0. The maximum atomic E-state index is 5.79. The third kappa shape index (κ3) is 1.90. The fraction of sp³-hybridized carbons (Fsp3) is 0.455.